The maximum absolute atomic E-state index is 13.6. The van der Waals surface area contributed by atoms with Crippen molar-refractivity contribution in [1.29, 1.82) is 0 Å². The number of carbonyl (C=O) groups is 2. The molecule has 1 saturated heterocycles. The van der Waals surface area contributed by atoms with Gasteiger partial charge in [-0.25, -0.2) is 9.29 Å². The fourth-order valence-corrected chi connectivity index (χ4v) is 3.09. The molecule has 3 rings (SSSR count). The highest BCUT2D eigenvalue weighted by molar-refractivity contribution is 14.1. The first kappa shape index (κ1) is 17.0. The number of halogens is 2. The highest BCUT2D eigenvalue weighted by Crippen LogP contribution is 2.23. The van der Waals surface area contributed by atoms with Gasteiger partial charge in [-0.05, 0) is 64.9 Å². The van der Waals surface area contributed by atoms with E-state index in [-0.39, 0.29) is 24.1 Å². The van der Waals surface area contributed by atoms with Gasteiger partial charge in [0.15, 0.2) is 0 Å². The largest absolute Gasteiger partial charge is 0.305 e. The minimum atomic E-state index is -0.552. The summed E-state index contributed by atoms with van der Waals surface area (Å²) in [5, 5.41) is 3.07. The predicted molar refractivity (Wildman–Crippen MR) is 98.2 cm³/mol. The monoisotopic (exact) mass is 438 g/mol. The molecule has 1 N–H and O–H groups in total. The predicted octanol–water partition coefficient (Wildman–Crippen LogP) is 2.89. The van der Waals surface area contributed by atoms with Gasteiger partial charge in [-0.1, -0.05) is 18.2 Å². The number of amides is 2. The average molecular weight is 438 g/mol. The second-order valence-electron chi connectivity index (χ2n) is 5.60. The summed E-state index contributed by atoms with van der Waals surface area (Å²) in [7, 11) is 0. The molecule has 1 atom stereocenters. The van der Waals surface area contributed by atoms with Crippen molar-refractivity contribution < 1.29 is 14.0 Å². The van der Waals surface area contributed by atoms with Gasteiger partial charge in [-0.3, -0.25) is 9.59 Å². The summed E-state index contributed by atoms with van der Waals surface area (Å²) in [6.45, 7) is 0.436. The molecule has 124 valence electrons. The second-order valence-corrected chi connectivity index (χ2v) is 6.84. The van der Waals surface area contributed by atoms with Crippen molar-refractivity contribution in [1.82, 2.24) is 5.32 Å². The summed E-state index contributed by atoms with van der Waals surface area (Å²) in [6.07, 6.45) is 0.594. The molecule has 1 fully saturated rings. The van der Waals surface area contributed by atoms with Gasteiger partial charge >= 0.3 is 0 Å². The van der Waals surface area contributed by atoms with Gasteiger partial charge in [0.05, 0.1) is 18.2 Å². The number of hydrogen-bond donors (Lipinski definition) is 1. The number of benzene rings is 2. The van der Waals surface area contributed by atoms with Crippen LogP contribution in [-0.2, 0) is 16.0 Å². The van der Waals surface area contributed by atoms with E-state index < -0.39 is 6.04 Å². The fraction of sp³-hybridized carbons (Fsp3) is 0.222. The van der Waals surface area contributed by atoms with Crippen LogP contribution in [0.3, 0.4) is 0 Å². The Kier molecular flexibility index (Phi) is 5.25. The zero-order valence-corrected chi connectivity index (χ0v) is 15.0. The molecule has 0 radical (unpaired) electrons. The summed E-state index contributed by atoms with van der Waals surface area (Å²) in [5.74, 6) is -0.729. The van der Waals surface area contributed by atoms with Crippen LogP contribution in [0.15, 0.2) is 48.5 Å². The third kappa shape index (κ3) is 3.64. The maximum Gasteiger partial charge on any atom is 0.251 e. The lowest BCUT2D eigenvalue weighted by molar-refractivity contribution is -0.121. The van der Waals surface area contributed by atoms with Crippen molar-refractivity contribution in [2.24, 2.45) is 0 Å². The molecule has 24 heavy (non-hydrogen) atoms. The summed E-state index contributed by atoms with van der Waals surface area (Å²) >= 11 is 2.17. The normalized spacial score (nSPS) is 17.6. The highest BCUT2D eigenvalue weighted by Gasteiger charge is 2.39. The topological polar surface area (TPSA) is 49.4 Å². The van der Waals surface area contributed by atoms with Crippen LogP contribution < -0.4 is 10.2 Å². The fourth-order valence-electron chi connectivity index (χ4n) is 2.74. The van der Waals surface area contributed by atoms with Crippen LogP contribution in [-0.4, -0.2) is 24.4 Å². The van der Waals surface area contributed by atoms with Crippen molar-refractivity contribution in [3.8, 4) is 0 Å². The van der Waals surface area contributed by atoms with E-state index >= 15 is 0 Å². The number of nitrogens with zero attached hydrogens (tertiary/aromatic N) is 1. The summed E-state index contributed by atoms with van der Waals surface area (Å²) < 4.78 is 14.6. The molecule has 4 nitrogen and oxygen atoms in total. The smallest absolute Gasteiger partial charge is 0.251 e. The van der Waals surface area contributed by atoms with Crippen molar-refractivity contribution >= 4 is 40.1 Å². The number of carbonyl (C=O) groups excluding carboxylic acids is 2. The van der Waals surface area contributed by atoms with Gasteiger partial charge < -0.3 is 5.32 Å². The molecule has 1 aliphatic heterocycles. The van der Waals surface area contributed by atoms with Crippen LogP contribution in [0.4, 0.5) is 10.1 Å². The minimum Gasteiger partial charge on any atom is -0.305 e. The Hall–Kier alpha value is -1.80. The van der Waals surface area contributed by atoms with Crippen molar-refractivity contribution in [2.45, 2.75) is 18.9 Å². The third-order valence-corrected chi connectivity index (χ3v) is 4.69. The zero-order valence-electron chi connectivity index (χ0n) is 12.8. The second kappa shape index (κ2) is 7.40. The molecule has 0 saturated carbocycles. The molecule has 2 aromatic carbocycles. The Bertz CT molecular complexity index is 764. The van der Waals surface area contributed by atoms with Crippen LogP contribution >= 0.6 is 22.6 Å². The highest BCUT2D eigenvalue weighted by atomic mass is 127. The van der Waals surface area contributed by atoms with Gasteiger partial charge in [0, 0.05) is 10.1 Å². The first-order valence-electron chi connectivity index (χ1n) is 7.65. The SMILES string of the molecule is O=C1C[C@H](NCCc2ccccc2F)C(=O)N1c1ccc(I)cc1. The van der Waals surface area contributed by atoms with E-state index in [1.54, 1.807) is 30.3 Å². The molecular weight excluding hydrogens is 422 g/mol. The van der Waals surface area contributed by atoms with E-state index in [1.807, 2.05) is 12.1 Å². The van der Waals surface area contributed by atoms with E-state index in [1.165, 1.54) is 11.0 Å². The van der Waals surface area contributed by atoms with Crippen LogP contribution in [0.1, 0.15) is 12.0 Å². The molecular formula is C18H16FIN2O2. The Morgan fingerprint density at radius 2 is 1.83 bits per heavy atom. The summed E-state index contributed by atoms with van der Waals surface area (Å²) in [6, 6.07) is 13.2. The van der Waals surface area contributed by atoms with Gasteiger partial charge in [0.1, 0.15) is 5.82 Å². The van der Waals surface area contributed by atoms with Gasteiger partial charge in [0.25, 0.3) is 5.91 Å². The minimum absolute atomic E-state index is 0.127. The molecule has 0 aromatic heterocycles. The van der Waals surface area contributed by atoms with Gasteiger partial charge in [-0.15, -0.1) is 0 Å². The number of imide groups is 1. The number of nitrogens with one attached hydrogen (secondary N) is 1. The molecule has 2 amide bonds. The lowest BCUT2D eigenvalue weighted by atomic mass is 10.1. The zero-order chi connectivity index (χ0) is 17.1. The van der Waals surface area contributed by atoms with E-state index in [0.717, 1.165) is 3.57 Å². The summed E-state index contributed by atoms with van der Waals surface area (Å²) in [4.78, 5) is 25.9. The molecule has 1 heterocycles. The Balaban J connectivity index is 1.62. The first-order valence-corrected chi connectivity index (χ1v) is 8.73. The number of rotatable bonds is 5. The van der Waals surface area contributed by atoms with Crippen LogP contribution in [0.2, 0.25) is 0 Å². The van der Waals surface area contributed by atoms with Crippen molar-refractivity contribution in [3.63, 3.8) is 0 Å². The van der Waals surface area contributed by atoms with Crippen LogP contribution in [0, 0.1) is 9.39 Å². The molecule has 1 aliphatic rings. The van der Waals surface area contributed by atoms with Crippen molar-refractivity contribution in [3.05, 3.63) is 63.5 Å². The summed E-state index contributed by atoms with van der Waals surface area (Å²) in [5.41, 5.74) is 1.18. The van der Waals surface area contributed by atoms with Gasteiger partial charge in [-0.2, -0.15) is 0 Å². The van der Waals surface area contributed by atoms with Crippen LogP contribution in [0.25, 0.3) is 0 Å². The number of hydrogen-bond acceptors (Lipinski definition) is 3. The average Bonchev–Trinajstić information content (AvgIpc) is 2.84. The maximum atomic E-state index is 13.6. The van der Waals surface area contributed by atoms with E-state index in [4.69, 9.17) is 0 Å². The Morgan fingerprint density at radius 1 is 1.12 bits per heavy atom. The molecule has 2 aromatic rings. The van der Waals surface area contributed by atoms with Crippen LogP contribution in [0.5, 0.6) is 0 Å². The van der Waals surface area contributed by atoms with E-state index in [0.29, 0.717) is 24.2 Å². The molecule has 0 spiro atoms. The van der Waals surface area contributed by atoms with E-state index in [2.05, 4.69) is 27.9 Å². The Morgan fingerprint density at radius 3 is 2.54 bits per heavy atom. The molecule has 0 aliphatic carbocycles. The quantitative estimate of drug-likeness (QED) is 0.577. The lowest BCUT2D eigenvalue weighted by Gasteiger charge is -2.15. The first-order chi connectivity index (χ1) is 11.6. The Labute approximate surface area is 153 Å². The molecule has 0 bridgehead atoms. The van der Waals surface area contributed by atoms with E-state index in [9.17, 15) is 14.0 Å². The standard InChI is InChI=1S/C18H16FIN2O2/c19-15-4-2-1-3-12(15)9-10-21-16-11-17(23)22(18(16)24)14-7-5-13(20)6-8-14/h1-8,16,21H,9-11H2/t16-/m0/s1. The van der Waals surface area contributed by atoms with Crippen molar-refractivity contribution in [2.75, 3.05) is 11.4 Å². The van der Waals surface area contributed by atoms with Gasteiger partial charge in [0.2, 0.25) is 5.91 Å². The lowest BCUT2D eigenvalue weighted by Crippen LogP contribution is -2.39. The molecule has 6 heteroatoms. The molecule has 0 unspecified atom stereocenters. The number of anilines is 1. The third-order valence-electron chi connectivity index (χ3n) is 3.97.